The van der Waals surface area contributed by atoms with Gasteiger partial charge in [-0.05, 0) is 49.4 Å². The third-order valence-corrected chi connectivity index (χ3v) is 5.16. The third kappa shape index (κ3) is 4.90. The zero-order valence-electron chi connectivity index (χ0n) is 10.9. The maximum atomic E-state index is 12.1. The van der Waals surface area contributed by atoms with Gasteiger partial charge in [-0.3, -0.25) is 0 Å². The molecule has 2 N–H and O–H groups in total. The van der Waals surface area contributed by atoms with Crippen molar-refractivity contribution in [2.75, 3.05) is 0 Å². The van der Waals surface area contributed by atoms with Gasteiger partial charge in [0.1, 0.15) is 0 Å². The smallest absolute Gasteiger partial charge is 0.216 e. The Hall–Kier alpha value is -0.330. The minimum absolute atomic E-state index is 0.0990. The lowest BCUT2D eigenvalue weighted by Crippen LogP contribution is -2.39. The summed E-state index contributed by atoms with van der Waals surface area (Å²) in [5.41, 5.74) is 0.561. The van der Waals surface area contributed by atoms with E-state index in [0.717, 1.165) is 0 Å². The largest absolute Gasteiger partial charge is 0.393 e. The van der Waals surface area contributed by atoms with Crippen LogP contribution in [-0.4, -0.2) is 25.7 Å². The molecule has 1 fully saturated rings. The summed E-state index contributed by atoms with van der Waals surface area (Å²) < 4.78 is 26.9. The van der Waals surface area contributed by atoms with Gasteiger partial charge in [0.05, 0.1) is 11.9 Å². The molecule has 4 nitrogen and oxygen atoms in total. The van der Waals surface area contributed by atoms with Crippen molar-refractivity contribution in [2.45, 2.75) is 43.6 Å². The van der Waals surface area contributed by atoms with E-state index >= 15 is 0 Å². The molecule has 1 aromatic carbocycles. The highest BCUT2D eigenvalue weighted by Crippen LogP contribution is 2.22. The minimum atomic E-state index is -3.43. The first kappa shape index (κ1) is 16.0. The normalized spacial score (nSPS) is 23.8. The SMILES string of the molecule is O=S(=O)(Cc1cc(Cl)cc(Cl)c1)NC1CCC(O)CC1. The third-order valence-electron chi connectivity index (χ3n) is 3.32. The van der Waals surface area contributed by atoms with Crippen molar-refractivity contribution in [3.05, 3.63) is 33.8 Å². The van der Waals surface area contributed by atoms with Crippen LogP contribution in [0.5, 0.6) is 0 Å². The summed E-state index contributed by atoms with van der Waals surface area (Å²) >= 11 is 11.7. The Kier molecular flexibility index (Phi) is 5.31. The summed E-state index contributed by atoms with van der Waals surface area (Å²) in [6.45, 7) is 0. The van der Waals surface area contributed by atoms with Crippen LogP contribution in [0.4, 0.5) is 0 Å². The van der Waals surface area contributed by atoms with E-state index in [9.17, 15) is 13.5 Å². The first-order valence-corrected chi connectivity index (χ1v) is 8.88. The fourth-order valence-corrected chi connectivity index (χ4v) is 4.41. The first-order chi connectivity index (χ1) is 9.34. The van der Waals surface area contributed by atoms with Crippen molar-refractivity contribution >= 4 is 33.2 Å². The second-order valence-corrected chi connectivity index (χ2v) is 7.79. The highest BCUT2D eigenvalue weighted by atomic mass is 35.5. The highest BCUT2D eigenvalue weighted by molar-refractivity contribution is 7.88. The van der Waals surface area contributed by atoms with Crippen molar-refractivity contribution in [3.8, 4) is 0 Å². The maximum absolute atomic E-state index is 12.1. The predicted molar refractivity (Wildman–Crippen MR) is 80.5 cm³/mol. The second kappa shape index (κ2) is 6.62. The number of nitrogens with one attached hydrogen (secondary N) is 1. The Labute approximate surface area is 129 Å². The molecule has 2 rings (SSSR count). The number of halogens is 2. The summed E-state index contributed by atoms with van der Waals surface area (Å²) in [6, 6.07) is 4.65. The zero-order valence-corrected chi connectivity index (χ0v) is 13.2. The molecule has 1 saturated carbocycles. The van der Waals surface area contributed by atoms with Gasteiger partial charge >= 0.3 is 0 Å². The van der Waals surface area contributed by atoms with E-state index in [-0.39, 0.29) is 17.9 Å². The van der Waals surface area contributed by atoms with Crippen LogP contribution in [0.2, 0.25) is 10.0 Å². The van der Waals surface area contributed by atoms with Crippen LogP contribution in [-0.2, 0) is 15.8 Å². The standard InChI is InChI=1S/C13H17Cl2NO3S/c14-10-5-9(6-11(15)7-10)8-20(18,19)16-12-1-3-13(17)4-2-12/h5-7,12-13,16-17H,1-4,8H2. The van der Waals surface area contributed by atoms with Gasteiger partial charge in [0.25, 0.3) is 0 Å². The molecule has 0 unspecified atom stereocenters. The van der Waals surface area contributed by atoms with Crippen molar-refractivity contribution < 1.29 is 13.5 Å². The van der Waals surface area contributed by atoms with E-state index in [1.807, 2.05) is 0 Å². The van der Waals surface area contributed by atoms with Gasteiger partial charge < -0.3 is 5.11 Å². The van der Waals surface area contributed by atoms with E-state index in [2.05, 4.69) is 4.72 Å². The molecule has 0 amide bonds. The van der Waals surface area contributed by atoms with Crippen LogP contribution >= 0.6 is 23.2 Å². The molecule has 7 heteroatoms. The van der Waals surface area contributed by atoms with E-state index < -0.39 is 10.0 Å². The molecule has 0 saturated heterocycles. The van der Waals surface area contributed by atoms with Crippen molar-refractivity contribution in [1.29, 1.82) is 0 Å². The minimum Gasteiger partial charge on any atom is -0.393 e. The number of sulfonamides is 1. The number of hydrogen-bond donors (Lipinski definition) is 2. The van der Waals surface area contributed by atoms with Gasteiger partial charge in [-0.1, -0.05) is 23.2 Å². The van der Waals surface area contributed by atoms with Crippen LogP contribution in [0.15, 0.2) is 18.2 Å². The van der Waals surface area contributed by atoms with Crippen molar-refractivity contribution in [1.82, 2.24) is 4.72 Å². The second-order valence-electron chi connectivity index (χ2n) is 5.16. The summed E-state index contributed by atoms with van der Waals surface area (Å²) in [5, 5.41) is 10.3. The molecule has 20 heavy (non-hydrogen) atoms. The Morgan fingerprint density at radius 2 is 1.65 bits per heavy atom. The highest BCUT2D eigenvalue weighted by Gasteiger charge is 2.23. The Bertz CT molecular complexity index is 549. The Balaban J connectivity index is 2.00. The Morgan fingerprint density at radius 1 is 1.10 bits per heavy atom. The molecule has 0 aromatic heterocycles. The average molecular weight is 338 g/mol. The average Bonchev–Trinajstić information content (AvgIpc) is 2.29. The molecule has 0 atom stereocenters. The van der Waals surface area contributed by atoms with Crippen LogP contribution < -0.4 is 4.72 Å². The van der Waals surface area contributed by atoms with Crippen molar-refractivity contribution in [3.63, 3.8) is 0 Å². The summed E-state index contributed by atoms with van der Waals surface area (Å²) in [7, 11) is -3.43. The Morgan fingerprint density at radius 3 is 2.20 bits per heavy atom. The molecular formula is C13H17Cl2NO3S. The first-order valence-electron chi connectivity index (χ1n) is 6.47. The van der Waals surface area contributed by atoms with Gasteiger partial charge in [-0.2, -0.15) is 0 Å². The van der Waals surface area contributed by atoms with Crippen LogP contribution in [0.25, 0.3) is 0 Å². The zero-order chi connectivity index (χ0) is 14.8. The lowest BCUT2D eigenvalue weighted by molar-refractivity contribution is 0.120. The van der Waals surface area contributed by atoms with Gasteiger partial charge in [-0.15, -0.1) is 0 Å². The molecule has 0 spiro atoms. The summed E-state index contributed by atoms with van der Waals surface area (Å²) in [6.07, 6.45) is 2.29. The fourth-order valence-electron chi connectivity index (χ4n) is 2.40. The van der Waals surface area contributed by atoms with Crippen molar-refractivity contribution in [2.24, 2.45) is 0 Å². The maximum Gasteiger partial charge on any atom is 0.216 e. The van der Waals surface area contributed by atoms with Gasteiger partial charge in [0, 0.05) is 16.1 Å². The molecule has 0 heterocycles. The predicted octanol–water partition coefficient (Wildman–Crippen LogP) is 2.72. The summed E-state index contributed by atoms with van der Waals surface area (Å²) in [4.78, 5) is 0. The lowest BCUT2D eigenvalue weighted by Gasteiger charge is -2.26. The number of benzene rings is 1. The molecule has 1 aliphatic rings. The number of aliphatic hydroxyl groups excluding tert-OH is 1. The number of hydrogen-bond acceptors (Lipinski definition) is 3. The monoisotopic (exact) mass is 337 g/mol. The molecule has 1 aliphatic carbocycles. The fraction of sp³-hybridized carbons (Fsp3) is 0.538. The van der Waals surface area contributed by atoms with Gasteiger partial charge in [-0.25, -0.2) is 13.1 Å². The topological polar surface area (TPSA) is 66.4 Å². The molecule has 0 aliphatic heterocycles. The quantitative estimate of drug-likeness (QED) is 0.887. The molecule has 0 radical (unpaired) electrons. The summed E-state index contributed by atoms with van der Waals surface area (Å²) in [5.74, 6) is -0.146. The van der Waals surface area contributed by atoms with Crippen LogP contribution in [0.3, 0.4) is 0 Å². The molecule has 112 valence electrons. The van der Waals surface area contributed by atoms with Crippen LogP contribution in [0.1, 0.15) is 31.2 Å². The van der Waals surface area contributed by atoms with E-state index in [0.29, 0.717) is 41.3 Å². The van der Waals surface area contributed by atoms with E-state index in [1.165, 1.54) is 0 Å². The van der Waals surface area contributed by atoms with E-state index in [4.69, 9.17) is 23.2 Å². The number of rotatable bonds is 4. The molecule has 0 bridgehead atoms. The van der Waals surface area contributed by atoms with Gasteiger partial charge in [0.2, 0.25) is 10.0 Å². The number of aliphatic hydroxyl groups is 1. The van der Waals surface area contributed by atoms with Crippen LogP contribution in [0, 0.1) is 0 Å². The molecular weight excluding hydrogens is 321 g/mol. The lowest BCUT2D eigenvalue weighted by atomic mass is 9.94. The molecule has 1 aromatic rings. The van der Waals surface area contributed by atoms with Gasteiger partial charge in [0.15, 0.2) is 0 Å². The van der Waals surface area contributed by atoms with E-state index in [1.54, 1.807) is 18.2 Å².